The van der Waals surface area contributed by atoms with Gasteiger partial charge in [-0.15, -0.1) is 0 Å². The first-order valence-electron chi connectivity index (χ1n) is 5.70. The minimum absolute atomic E-state index is 0.450. The zero-order chi connectivity index (χ0) is 13.8. The van der Waals surface area contributed by atoms with Crippen LogP contribution in [0.15, 0.2) is 33.9 Å². The van der Waals surface area contributed by atoms with Gasteiger partial charge in [0.15, 0.2) is 6.21 Å². The third-order valence-electron chi connectivity index (χ3n) is 2.85. The second kappa shape index (κ2) is 6.00. The van der Waals surface area contributed by atoms with Crippen molar-refractivity contribution in [2.24, 2.45) is 5.16 Å². The van der Waals surface area contributed by atoms with Crippen LogP contribution in [-0.4, -0.2) is 27.4 Å². The first-order chi connectivity index (χ1) is 8.41. The van der Waals surface area contributed by atoms with Crippen LogP contribution in [0.3, 0.4) is 0 Å². The molecule has 0 aromatic heterocycles. The molecule has 18 heavy (non-hydrogen) atoms. The first kappa shape index (κ1) is 14.7. The van der Waals surface area contributed by atoms with E-state index in [9.17, 15) is 5.21 Å². The summed E-state index contributed by atoms with van der Waals surface area (Å²) >= 11 is 3.34. The van der Waals surface area contributed by atoms with Crippen LogP contribution in [0.4, 0.5) is 0 Å². The molecule has 4 nitrogen and oxygen atoms in total. The molecule has 1 rings (SSSR count). The minimum Gasteiger partial charge on any atom is -0.623 e. The Morgan fingerprint density at radius 1 is 1.44 bits per heavy atom. The molecular weight excluding hydrogens is 296 g/mol. The molecule has 0 amide bonds. The lowest BCUT2D eigenvalue weighted by Crippen LogP contribution is -2.41. The van der Waals surface area contributed by atoms with Crippen LogP contribution in [-0.2, 0) is 0 Å². The molecule has 0 saturated carbocycles. The van der Waals surface area contributed by atoms with Crippen molar-refractivity contribution in [2.75, 3.05) is 0 Å². The van der Waals surface area contributed by atoms with Gasteiger partial charge in [-0.05, 0) is 30.7 Å². The second-order valence-corrected chi connectivity index (χ2v) is 5.38. The van der Waals surface area contributed by atoms with Crippen molar-refractivity contribution in [3.63, 3.8) is 0 Å². The number of hydrogen-bond donors (Lipinski definition) is 1. The number of rotatable bonds is 4. The van der Waals surface area contributed by atoms with Crippen molar-refractivity contribution in [3.05, 3.63) is 39.5 Å². The lowest BCUT2D eigenvalue weighted by molar-refractivity contribution is -0.512. The number of benzene rings is 1. The summed E-state index contributed by atoms with van der Waals surface area (Å²) in [5, 5.41) is 24.3. The van der Waals surface area contributed by atoms with Crippen LogP contribution in [0.2, 0.25) is 0 Å². The molecular formula is C13H17BrN2O2. The number of hydrogen-bond acceptors (Lipinski definition) is 3. The van der Waals surface area contributed by atoms with Crippen LogP contribution < -0.4 is 0 Å². The molecule has 0 atom stereocenters. The van der Waals surface area contributed by atoms with Crippen molar-refractivity contribution < 1.29 is 9.95 Å². The summed E-state index contributed by atoms with van der Waals surface area (Å²) in [5.74, 6) is 0. The predicted molar refractivity (Wildman–Crippen MR) is 76.5 cm³/mol. The Morgan fingerprint density at radius 2 is 2.00 bits per heavy atom. The van der Waals surface area contributed by atoms with Gasteiger partial charge in [0.2, 0.25) is 5.54 Å². The SMILES string of the molecule is CC/C(=N/O)C(C)(C)/[N+]([O-])=C/c1ccc(Br)cc1. The number of halogens is 1. The summed E-state index contributed by atoms with van der Waals surface area (Å²) in [6.07, 6.45) is 2.02. The molecule has 1 aromatic carbocycles. The molecule has 98 valence electrons. The fraction of sp³-hybridized carbons (Fsp3) is 0.385. The minimum atomic E-state index is -0.865. The van der Waals surface area contributed by atoms with E-state index >= 15 is 0 Å². The van der Waals surface area contributed by atoms with Gasteiger partial charge in [-0.3, -0.25) is 0 Å². The van der Waals surface area contributed by atoms with E-state index in [2.05, 4.69) is 21.1 Å². The van der Waals surface area contributed by atoms with Gasteiger partial charge in [-0.1, -0.05) is 28.0 Å². The van der Waals surface area contributed by atoms with E-state index in [4.69, 9.17) is 5.21 Å². The Labute approximate surface area is 115 Å². The number of hydroxylamine groups is 1. The first-order valence-corrected chi connectivity index (χ1v) is 6.49. The molecule has 0 unspecified atom stereocenters. The lowest BCUT2D eigenvalue weighted by atomic mass is 9.96. The Bertz CT molecular complexity index is 464. The van der Waals surface area contributed by atoms with Crippen LogP contribution in [0, 0.1) is 5.21 Å². The van der Waals surface area contributed by atoms with E-state index in [0.29, 0.717) is 12.1 Å². The summed E-state index contributed by atoms with van der Waals surface area (Å²) in [4.78, 5) is 0. The second-order valence-electron chi connectivity index (χ2n) is 4.47. The van der Waals surface area contributed by atoms with Crippen molar-refractivity contribution in [3.8, 4) is 0 Å². The predicted octanol–water partition coefficient (Wildman–Crippen LogP) is 3.40. The van der Waals surface area contributed by atoms with Crippen molar-refractivity contribution >= 4 is 27.9 Å². The van der Waals surface area contributed by atoms with Crippen LogP contribution in [0.1, 0.15) is 32.8 Å². The van der Waals surface area contributed by atoms with Gasteiger partial charge in [0.1, 0.15) is 5.71 Å². The molecule has 5 heteroatoms. The standard InChI is InChI=1S/C13H17BrN2O2/c1-4-12(15-17)13(2,3)16(18)9-10-5-7-11(14)8-6-10/h5-9,17H,4H2,1-3H3/b15-12-,16-9-. The fourth-order valence-corrected chi connectivity index (χ4v) is 1.86. The van der Waals surface area contributed by atoms with E-state index in [1.165, 1.54) is 6.21 Å². The Morgan fingerprint density at radius 3 is 2.44 bits per heavy atom. The van der Waals surface area contributed by atoms with Crippen LogP contribution in [0.25, 0.3) is 0 Å². The zero-order valence-electron chi connectivity index (χ0n) is 10.7. The number of nitrogens with zero attached hydrogens (tertiary/aromatic N) is 2. The van der Waals surface area contributed by atoms with Gasteiger partial charge < -0.3 is 10.4 Å². The van der Waals surface area contributed by atoms with Gasteiger partial charge >= 0.3 is 0 Å². The Kier molecular flexibility index (Phi) is 4.90. The molecule has 0 aliphatic heterocycles. The zero-order valence-corrected chi connectivity index (χ0v) is 12.3. The molecule has 0 aliphatic rings. The molecule has 1 aromatic rings. The maximum absolute atomic E-state index is 12.1. The molecule has 0 heterocycles. The summed E-state index contributed by atoms with van der Waals surface area (Å²) < 4.78 is 1.77. The molecule has 0 spiro atoms. The lowest BCUT2D eigenvalue weighted by Gasteiger charge is -2.24. The molecule has 0 fully saturated rings. The monoisotopic (exact) mass is 312 g/mol. The Hall–Kier alpha value is -1.36. The van der Waals surface area contributed by atoms with E-state index in [1.54, 1.807) is 13.8 Å². The van der Waals surface area contributed by atoms with Gasteiger partial charge in [0.25, 0.3) is 0 Å². The summed E-state index contributed by atoms with van der Waals surface area (Å²) in [6, 6.07) is 7.42. The van der Waals surface area contributed by atoms with Gasteiger partial charge in [0, 0.05) is 23.9 Å². The van der Waals surface area contributed by atoms with E-state index in [1.807, 2.05) is 31.2 Å². The molecule has 0 aliphatic carbocycles. The highest BCUT2D eigenvalue weighted by Gasteiger charge is 2.32. The topological polar surface area (TPSA) is 58.7 Å². The molecule has 0 bridgehead atoms. The smallest absolute Gasteiger partial charge is 0.208 e. The highest BCUT2D eigenvalue weighted by atomic mass is 79.9. The van der Waals surface area contributed by atoms with E-state index in [-0.39, 0.29) is 0 Å². The average Bonchev–Trinajstić information content (AvgIpc) is 2.33. The van der Waals surface area contributed by atoms with E-state index < -0.39 is 5.54 Å². The highest BCUT2D eigenvalue weighted by Crippen LogP contribution is 2.15. The molecule has 0 radical (unpaired) electrons. The quantitative estimate of drug-likeness (QED) is 0.304. The summed E-state index contributed by atoms with van der Waals surface area (Å²) in [5.41, 5.74) is 0.386. The van der Waals surface area contributed by atoms with Crippen molar-refractivity contribution in [1.29, 1.82) is 0 Å². The fourth-order valence-electron chi connectivity index (χ4n) is 1.60. The van der Waals surface area contributed by atoms with Crippen LogP contribution in [0.5, 0.6) is 0 Å². The van der Waals surface area contributed by atoms with Crippen molar-refractivity contribution in [1.82, 2.24) is 0 Å². The highest BCUT2D eigenvalue weighted by molar-refractivity contribution is 9.10. The third kappa shape index (κ3) is 3.32. The summed E-state index contributed by atoms with van der Waals surface area (Å²) in [6.45, 7) is 5.31. The molecule has 0 saturated heterocycles. The maximum atomic E-state index is 12.1. The Balaban J connectivity index is 3.05. The van der Waals surface area contributed by atoms with E-state index in [0.717, 1.165) is 14.8 Å². The van der Waals surface area contributed by atoms with Gasteiger partial charge in [-0.2, -0.15) is 0 Å². The largest absolute Gasteiger partial charge is 0.623 e. The normalized spacial score (nSPS) is 13.8. The molecule has 1 N–H and O–H groups in total. The summed E-state index contributed by atoms with van der Waals surface area (Å²) in [7, 11) is 0. The maximum Gasteiger partial charge on any atom is 0.208 e. The van der Waals surface area contributed by atoms with Gasteiger partial charge in [-0.25, -0.2) is 4.74 Å². The average molecular weight is 313 g/mol. The van der Waals surface area contributed by atoms with Crippen molar-refractivity contribution in [2.45, 2.75) is 32.7 Å². The van der Waals surface area contributed by atoms with Crippen LogP contribution >= 0.6 is 15.9 Å². The third-order valence-corrected chi connectivity index (χ3v) is 3.38. The number of oxime groups is 1. The van der Waals surface area contributed by atoms with Gasteiger partial charge in [0.05, 0.1) is 0 Å².